The van der Waals surface area contributed by atoms with Crippen molar-refractivity contribution in [2.75, 3.05) is 6.61 Å². The van der Waals surface area contributed by atoms with Crippen LogP contribution in [0.25, 0.3) is 0 Å². The smallest absolute Gasteiger partial charge is 0.178 e. The highest BCUT2D eigenvalue weighted by molar-refractivity contribution is 5.22. The monoisotopic (exact) mass is 308 g/mol. The van der Waals surface area contributed by atoms with E-state index in [1.165, 1.54) is 18.4 Å². The van der Waals surface area contributed by atoms with Crippen molar-refractivity contribution in [1.29, 1.82) is 0 Å². The summed E-state index contributed by atoms with van der Waals surface area (Å²) in [6.45, 7) is 9.10. The van der Waals surface area contributed by atoms with Crippen LogP contribution in [-0.2, 0) is 9.47 Å². The van der Waals surface area contributed by atoms with Crippen molar-refractivity contribution < 1.29 is 14.6 Å². The lowest BCUT2D eigenvalue weighted by molar-refractivity contribution is -0.203. The van der Waals surface area contributed by atoms with E-state index in [-0.39, 0.29) is 18.3 Å². The number of hydrogen-bond donors (Lipinski definition) is 1. The van der Waals surface area contributed by atoms with Crippen LogP contribution < -0.4 is 0 Å². The van der Waals surface area contributed by atoms with E-state index in [0.29, 0.717) is 11.8 Å². The van der Waals surface area contributed by atoms with Crippen LogP contribution >= 0.6 is 0 Å². The van der Waals surface area contributed by atoms with E-state index in [1.807, 2.05) is 0 Å². The molecule has 2 rings (SSSR count). The van der Waals surface area contributed by atoms with Crippen LogP contribution in [-0.4, -0.2) is 29.7 Å². The number of ether oxygens (including phenoxy) is 2. The molecule has 2 aliphatic rings. The minimum absolute atomic E-state index is 0.0517. The molecule has 22 heavy (non-hydrogen) atoms. The SMILES string of the molecule is CC(C)C(C)C1=CC=CC(OCC(O)OC2(C)CCCC2)C1. The van der Waals surface area contributed by atoms with Crippen molar-refractivity contribution in [3.63, 3.8) is 0 Å². The van der Waals surface area contributed by atoms with Gasteiger partial charge in [0.2, 0.25) is 0 Å². The molecule has 0 aromatic rings. The topological polar surface area (TPSA) is 38.7 Å². The molecule has 1 N–H and O–H groups in total. The molecule has 1 fully saturated rings. The zero-order chi connectivity index (χ0) is 16.2. The molecule has 1 saturated carbocycles. The average molecular weight is 308 g/mol. The highest BCUT2D eigenvalue weighted by Crippen LogP contribution is 2.33. The fraction of sp³-hybridized carbons (Fsp3) is 0.789. The Hall–Kier alpha value is -0.640. The zero-order valence-electron chi connectivity index (χ0n) is 14.5. The van der Waals surface area contributed by atoms with Gasteiger partial charge in [0, 0.05) is 0 Å². The maximum Gasteiger partial charge on any atom is 0.178 e. The highest BCUT2D eigenvalue weighted by Gasteiger charge is 2.32. The van der Waals surface area contributed by atoms with Crippen LogP contribution in [0.2, 0.25) is 0 Å². The van der Waals surface area contributed by atoms with Gasteiger partial charge in [0.25, 0.3) is 0 Å². The third-order valence-corrected chi connectivity index (χ3v) is 5.19. The molecule has 0 saturated heterocycles. The largest absolute Gasteiger partial charge is 0.369 e. The number of aliphatic hydroxyl groups excluding tert-OH is 1. The molecule has 3 nitrogen and oxygen atoms in total. The summed E-state index contributed by atoms with van der Waals surface area (Å²) in [5.41, 5.74) is 1.27. The van der Waals surface area contributed by atoms with Crippen LogP contribution in [0.4, 0.5) is 0 Å². The van der Waals surface area contributed by atoms with Crippen molar-refractivity contribution >= 4 is 0 Å². The highest BCUT2D eigenvalue weighted by atomic mass is 16.6. The minimum Gasteiger partial charge on any atom is -0.369 e. The Labute approximate surface area is 135 Å². The minimum atomic E-state index is -0.826. The molecular formula is C19H32O3. The van der Waals surface area contributed by atoms with E-state index in [4.69, 9.17) is 9.47 Å². The molecule has 0 radical (unpaired) electrons. The predicted octanol–water partition coefficient (Wildman–Crippen LogP) is 4.22. The fourth-order valence-corrected chi connectivity index (χ4v) is 3.36. The first-order valence-electron chi connectivity index (χ1n) is 8.74. The second-order valence-electron chi connectivity index (χ2n) is 7.46. The van der Waals surface area contributed by atoms with E-state index in [2.05, 4.69) is 45.9 Å². The lowest BCUT2D eigenvalue weighted by Gasteiger charge is -2.29. The summed E-state index contributed by atoms with van der Waals surface area (Å²) in [7, 11) is 0. The van der Waals surface area contributed by atoms with Gasteiger partial charge in [0.1, 0.15) is 0 Å². The van der Waals surface area contributed by atoms with E-state index < -0.39 is 6.29 Å². The summed E-state index contributed by atoms with van der Waals surface area (Å²) in [5, 5.41) is 10.1. The van der Waals surface area contributed by atoms with Crippen molar-refractivity contribution in [1.82, 2.24) is 0 Å². The molecule has 0 amide bonds. The maximum absolute atomic E-state index is 10.1. The molecule has 3 atom stereocenters. The van der Waals surface area contributed by atoms with Crippen molar-refractivity contribution in [2.24, 2.45) is 11.8 Å². The van der Waals surface area contributed by atoms with Gasteiger partial charge >= 0.3 is 0 Å². The summed E-state index contributed by atoms with van der Waals surface area (Å²) in [4.78, 5) is 0. The van der Waals surface area contributed by atoms with Crippen LogP contribution in [0.15, 0.2) is 23.8 Å². The molecule has 3 heteroatoms. The van der Waals surface area contributed by atoms with Crippen LogP contribution in [0.1, 0.15) is 59.8 Å². The van der Waals surface area contributed by atoms with Crippen molar-refractivity contribution in [3.8, 4) is 0 Å². The van der Waals surface area contributed by atoms with Gasteiger partial charge in [-0.25, -0.2) is 0 Å². The van der Waals surface area contributed by atoms with Gasteiger partial charge in [-0.05, 0) is 38.0 Å². The normalized spacial score (nSPS) is 27.0. The fourth-order valence-electron chi connectivity index (χ4n) is 3.36. The van der Waals surface area contributed by atoms with E-state index in [1.54, 1.807) is 0 Å². The second kappa shape index (κ2) is 7.76. The number of allylic oxidation sites excluding steroid dienone is 2. The molecule has 2 aliphatic carbocycles. The lowest BCUT2D eigenvalue weighted by atomic mass is 9.85. The van der Waals surface area contributed by atoms with Crippen LogP contribution in [0, 0.1) is 11.8 Å². The van der Waals surface area contributed by atoms with Gasteiger partial charge in [0.05, 0.1) is 18.3 Å². The standard InChI is InChI=1S/C19H32O3/c1-14(2)15(3)16-8-7-9-17(12-16)21-13-18(20)22-19(4)10-5-6-11-19/h7-9,14-15,17-18,20H,5-6,10-13H2,1-4H3. The zero-order valence-corrected chi connectivity index (χ0v) is 14.5. The van der Waals surface area contributed by atoms with Gasteiger partial charge in [-0.3, -0.25) is 0 Å². The third-order valence-electron chi connectivity index (χ3n) is 5.19. The summed E-state index contributed by atoms with van der Waals surface area (Å²) in [6, 6.07) is 0. The molecule has 126 valence electrons. The van der Waals surface area contributed by atoms with Crippen LogP contribution in [0.5, 0.6) is 0 Å². The third kappa shape index (κ3) is 4.94. The van der Waals surface area contributed by atoms with Crippen molar-refractivity contribution in [3.05, 3.63) is 23.8 Å². The van der Waals surface area contributed by atoms with Gasteiger partial charge in [-0.2, -0.15) is 0 Å². The van der Waals surface area contributed by atoms with Gasteiger partial charge in [-0.15, -0.1) is 0 Å². The Bertz CT molecular complexity index is 405. The molecule has 0 heterocycles. The second-order valence-corrected chi connectivity index (χ2v) is 7.46. The Morgan fingerprint density at radius 3 is 2.59 bits per heavy atom. The van der Waals surface area contributed by atoms with Gasteiger partial charge in [-0.1, -0.05) is 57.4 Å². The molecule has 0 aromatic heterocycles. The molecule has 0 bridgehead atoms. The average Bonchev–Trinajstić information content (AvgIpc) is 2.90. The van der Waals surface area contributed by atoms with E-state index in [9.17, 15) is 5.11 Å². The molecule has 3 unspecified atom stereocenters. The maximum atomic E-state index is 10.1. The molecular weight excluding hydrogens is 276 g/mol. The first-order valence-corrected chi connectivity index (χ1v) is 8.74. The first kappa shape index (κ1) is 17.7. The number of rotatable bonds is 7. The van der Waals surface area contributed by atoms with E-state index >= 15 is 0 Å². The van der Waals surface area contributed by atoms with E-state index in [0.717, 1.165) is 19.3 Å². The summed E-state index contributed by atoms with van der Waals surface area (Å²) >= 11 is 0. The number of hydrogen-bond acceptors (Lipinski definition) is 3. The Morgan fingerprint density at radius 1 is 1.27 bits per heavy atom. The van der Waals surface area contributed by atoms with Crippen molar-refractivity contribution in [2.45, 2.75) is 77.8 Å². The lowest BCUT2D eigenvalue weighted by Crippen LogP contribution is -2.34. The summed E-state index contributed by atoms with van der Waals surface area (Å²) in [5.74, 6) is 1.20. The molecule has 0 aromatic carbocycles. The van der Waals surface area contributed by atoms with Crippen LogP contribution in [0.3, 0.4) is 0 Å². The van der Waals surface area contributed by atoms with Gasteiger partial charge < -0.3 is 14.6 Å². The summed E-state index contributed by atoms with van der Waals surface area (Å²) in [6.07, 6.45) is 10.9. The number of aliphatic hydroxyl groups is 1. The Kier molecular flexibility index (Phi) is 6.25. The molecule has 0 aliphatic heterocycles. The molecule has 0 spiro atoms. The summed E-state index contributed by atoms with van der Waals surface area (Å²) < 4.78 is 11.7. The Morgan fingerprint density at radius 2 is 1.95 bits per heavy atom. The van der Waals surface area contributed by atoms with Gasteiger partial charge in [0.15, 0.2) is 6.29 Å². The predicted molar refractivity (Wildman–Crippen MR) is 89.5 cm³/mol. The Balaban J connectivity index is 1.75. The first-order chi connectivity index (χ1) is 10.4. The quantitative estimate of drug-likeness (QED) is 0.716.